The zero-order valence-electron chi connectivity index (χ0n) is 32.7. The molecule has 0 N–H and O–H groups in total. The largest absolute Gasteiger partial charge is 0.504 e. The first-order chi connectivity index (χ1) is 28.4. The van der Waals surface area contributed by atoms with Gasteiger partial charge in [0.25, 0.3) is 0 Å². The fourth-order valence-electron chi connectivity index (χ4n) is 8.76. The molecule has 12 rings (SSSR count). The number of pyridine rings is 1. The summed E-state index contributed by atoms with van der Waals surface area (Å²) in [6.07, 6.45) is 1.87. The van der Waals surface area contributed by atoms with E-state index < -0.39 is 6.98 Å². The van der Waals surface area contributed by atoms with Gasteiger partial charge in [0.2, 0.25) is 0 Å². The van der Waals surface area contributed by atoms with Gasteiger partial charge in [-0.05, 0) is 54.8 Å². The molecular formula is C49H31N6Pt-3. The summed E-state index contributed by atoms with van der Waals surface area (Å²) < 4.78 is 29.4. The van der Waals surface area contributed by atoms with Gasteiger partial charge in [0.05, 0.1) is 16.6 Å². The van der Waals surface area contributed by atoms with Crippen LogP contribution in [0.15, 0.2) is 164 Å². The van der Waals surface area contributed by atoms with Gasteiger partial charge >= 0.3 is 0 Å². The molecule has 1 aliphatic rings. The summed E-state index contributed by atoms with van der Waals surface area (Å²) in [4.78, 5) is 10.5. The summed E-state index contributed by atoms with van der Waals surface area (Å²) in [6, 6.07) is 61.6. The first-order valence-electron chi connectivity index (χ1n) is 19.8. The zero-order valence-corrected chi connectivity index (χ0v) is 31.9. The van der Waals surface area contributed by atoms with Gasteiger partial charge < -0.3 is 23.5 Å². The van der Waals surface area contributed by atoms with E-state index in [4.69, 9.17) is 9.10 Å². The number of fused-ring (bicyclic) bond motifs is 11. The molecule has 5 heterocycles. The van der Waals surface area contributed by atoms with Crippen LogP contribution in [0.5, 0.6) is 0 Å². The van der Waals surface area contributed by atoms with Crippen molar-refractivity contribution in [1.82, 2.24) is 13.8 Å². The van der Waals surface area contributed by atoms with Crippen LogP contribution in [0.25, 0.3) is 65.5 Å². The molecule has 7 heteroatoms. The van der Waals surface area contributed by atoms with E-state index in [1.165, 1.54) is 15.7 Å². The van der Waals surface area contributed by atoms with Gasteiger partial charge in [-0.2, -0.15) is 18.8 Å². The van der Waals surface area contributed by atoms with Crippen LogP contribution in [0.3, 0.4) is 0 Å². The summed E-state index contributed by atoms with van der Waals surface area (Å²) >= 11 is 0. The van der Waals surface area contributed by atoms with Crippen molar-refractivity contribution in [3.8, 4) is 0 Å². The summed E-state index contributed by atoms with van der Waals surface area (Å²) in [5.74, 6) is 0. The quantitative estimate of drug-likeness (QED) is 0.165. The predicted octanol–water partition coefficient (Wildman–Crippen LogP) is 12.1. The van der Waals surface area contributed by atoms with Gasteiger partial charge in [-0.1, -0.05) is 102 Å². The van der Waals surface area contributed by atoms with Crippen LogP contribution in [0.2, 0.25) is 0 Å². The van der Waals surface area contributed by atoms with Crippen molar-refractivity contribution in [1.29, 1.82) is 0 Å². The summed E-state index contributed by atoms with van der Waals surface area (Å²) in [7, 11) is 0. The van der Waals surface area contributed by atoms with Crippen molar-refractivity contribution in [3.05, 3.63) is 183 Å². The van der Waals surface area contributed by atoms with Crippen LogP contribution in [0.4, 0.5) is 34.1 Å². The van der Waals surface area contributed by atoms with Crippen LogP contribution in [-0.2, 0) is 21.1 Å². The molecule has 0 spiro atoms. The average molecular weight is 902 g/mol. The molecule has 0 unspecified atom stereocenters. The minimum atomic E-state index is -2.35. The van der Waals surface area contributed by atoms with Gasteiger partial charge in [-0.3, -0.25) is 0 Å². The molecule has 0 amide bonds. The van der Waals surface area contributed by atoms with Crippen molar-refractivity contribution < 1.29 is 25.2 Å². The number of rotatable bonds is 4. The Hall–Kier alpha value is -6.62. The summed E-state index contributed by atoms with van der Waals surface area (Å²) in [5, 5.41) is 6.88. The molecule has 0 bridgehead atoms. The Bertz CT molecular complexity index is 3470. The van der Waals surface area contributed by atoms with E-state index >= 15 is 0 Å². The summed E-state index contributed by atoms with van der Waals surface area (Å²) in [5.41, 5.74) is 10.7. The first kappa shape index (κ1) is 29.7. The van der Waals surface area contributed by atoms with Crippen LogP contribution < -0.4 is 14.7 Å². The van der Waals surface area contributed by atoms with Crippen molar-refractivity contribution >= 4 is 99.7 Å². The van der Waals surface area contributed by atoms with E-state index in [-0.39, 0.29) is 21.1 Å². The molecule has 1 aliphatic heterocycles. The molecule has 0 atom stereocenters. The maximum absolute atomic E-state index is 8.24. The Labute approximate surface area is 341 Å². The first-order valence-corrected chi connectivity index (χ1v) is 18.3. The number of nitrogens with zero attached hydrogens (tertiary/aromatic N) is 6. The SMILES string of the molecule is [2H]C([2H])([2H])N1[CH-]N(c2[c-]c(N(c3[c-]c4c(cc3)c3cccc5c6cccc7c8ccccc8n(c8cccnc8n4c35)c76)c3ccccc3)ccc2)c2ccccc21.[Pt]. The Morgan fingerprint density at radius 1 is 0.554 bits per heavy atom. The maximum Gasteiger partial charge on any atom is 0.160 e. The second-order valence-electron chi connectivity index (χ2n) is 14.0. The predicted molar refractivity (Wildman–Crippen MR) is 227 cm³/mol. The van der Waals surface area contributed by atoms with Crippen molar-refractivity contribution in [2.24, 2.45) is 0 Å². The van der Waals surface area contributed by atoms with Crippen molar-refractivity contribution in [2.75, 3.05) is 21.7 Å². The van der Waals surface area contributed by atoms with Crippen molar-refractivity contribution in [2.45, 2.75) is 0 Å². The number of para-hydroxylation sites is 6. The molecule has 11 aromatic rings. The molecule has 270 valence electrons. The monoisotopic (exact) mass is 901 g/mol. The third kappa shape index (κ3) is 4.57. The standard InChI is InChI=1S/C49H31N6.Pt/c1-51-31-52(44-24-8-7-23-43(44)51)33-15-9-16-34(29-33)53(32-13-3-2-4-14-32)35-26-27-37-39-19-11-21-41-40-20-10-18-38-36-17-5-6-22-42(36)54(47(38)40)45-25-12-28-50-49(45)55(48(39)41)46(37)30-35;/h2-28,31H,1H3;/q-3;/i1D3;. The van der Waals surface area contributed by atoms with Crippen LogP contribution in [0, 0.1) is 18.8 Å². The number of anilines is 6. The molecule has 0 fully saturated rings. The number of aromatic nitrogens is 3. The van der Waals surface area contributed by atoms with Gasteiger partial charge in [0, 0.05) is 75.5 Å². The van der Waals surface area contributed by atoms with Gasteiger partial charge in [0.1, 0.15) is 0 Å². The Morgan fingerprint density at radius 3 is 2.02 bits per heavy atom. The van der Waals surface area contributed by atoms with Gasteiger partial charge in [0.15, 0.2) is 5.65 Å². The molecule has 7 aromatic carbocycles. The Morgan fingerprint density at radius 2 is 1.20 bits per heavy atom. The second-order valence-corrected chi connectivity index (χ2v) is 14.0. The second kappa shape index (κ2) is 12.5. The smallest absolute Gasteiger partial charge is 0.160 e. The van der Waals surface area contributed by atoms with E-state index in [1.54, 1.807) is 6.67 Å². The molecular weight excluding hydrogens is 868 g/mol. The van der Waals surface area contributed by atoms with E-state index in [1.807, 2.05) is 77.8 Å². The number of hydrogen-bond donors (Lipinski definition) is 0. The Kier molecular flexibility index (Phi) is 6.61. The van der Waals surface area contributed by atoms with Gasteiger partial charge in [-0.15, -0.1) is 41.4 Å². The molecule has 56 heavy (non-hydrogen) atoms. The van der Waals surface area contributed by atoms with Crippen LogP contribution >= 0.6 is 0 Å². The van der Waals surface area contributed by atoms with E-state index in [0.717, 1.165) is 77.5 Å². The molecule has 0 radical (unpaired) electrons. The fraction of sp³-hybridized carbons (Fsp3) is 0.0204. The third-order valence-corrected chi connectivity index (χ3v) is 11.0. The molecule has 6 nitrogen and oxygen atoms in total. The number of hydrogen-bond acceptors (Lipinski definition) is 4. The average Bonchev–Trinajstić information content (AvgIpc) is 3.92. The van der Waals surface area contributed by atoms with Gasteiger partial charge in [-0.25, -0.2) is 4.98 Å². The topological polar surface area (TPSA) is 31.4 Å². The van der Waals surface area contributed by atoms with Crippen molar-refractivity contribution in [3.63, 3.8) is 0 Å². The fourth-order valence-corrected chi connectivity index (χ4v) is 8.76. The summed E-state index contributed by atoms with van der Waals surface area (Å²) in [6.45, 7) is -0.708. The minimum absolute atomic E-state index is 0. The minimum Gasteiger partial charge on any atom is -0.504 e. The van der Waals surface area contributed by atoms with Crippen LogP contribution in [-0.4, -0.2) is 20.8 Å². The van der Waals surface area contributed by atoms with Crippen LogP contribution in [0.1, 0.15) is 4.11 Å². The zero-order chi connectivity index (χ0) is 38.7. The molecule has 0 saturated carbocycles. The maximum atomic E-state index is 8.24. The molecule has 0 aliphatic carbocycles. The third-order valence-electron chi connectivity index (χ3n) is 11.0. The number of benzene rings is 7. The normalized spacial score (nSPS) is 13.8. The molecule has 0 saturated heterocycles. The van der Waals surface area contributed by atoms with E-state index in [9.17, 15) is 0 Å². The van der Waals surface area contributed by atoms with E-state index in [0.29, 0.717) is 11.4 Å². The van der Waals surface area contributed by atoms with E-state index in [2.05, 4.69) is 117 Å². The Balaban J connectivity index is 0.00000397. The molecule has 4 aromatic heterocycles.